The second kappa shape index (κ2) is 6.16. The Labute approximate surface area is 136 Å². The molecule has 3 rings (SSSR count). The van der Waals surface area contributed by atoms with E-state index < -0.39 is 0 Å². The molecule has 1 heterocycles. The molecule has 1 saturated carbocycles. The van der Waals surface area contributed by atoms with Crippen LogP contribution in [0.5, 0.6) is 0 Å². The Bertz CT molecular complexity index is 372. The first-order valence-corrected chi connectivity index (χ1v) is 6.73. The maximum absolute atomic E-state index is 4.01. The van der Waals surface area contributed by atoms with Crippen molar-refractivity contribution in [1.82, 2.24) is 4.90 Å². The third-order valence-electron chi connectivity index (χ3n) is 4.27. The minimum atomic E-state index is 0. The molecule has 0 bridgehead atoms. The van der Waals surface area contributed by atoms with Gasteiger partial charge < -0.3 is 11.8 Å². The topological polar surface area (TPSA) is 3.24 Å². The number of rotatable bonds is 4. The van der Waals surface area contributed by atoms with Crippen molar-refractivity contribution in [2.45, 2.75) is 32.2 Å². The summed E-state index contributed by atoms with van der Waals surface area (Å²) in [7, 11) is 0. The van der Waals surface area contributed by atoms with Crippen molar-refractivity contribution in [3.63, 3.8) is 0 Å². The Morgan fingerprint density at radius 2 is 1.94 bits per heavy atom. The fourth-order valence-electron chi connectivity index (χ4n) is 3.21. The van der Waals surface area contributed by atoms with Crippen LogP contribution < -0.4 is 0 Å². The minimum absolute atomic E-state index is 0. The molecule has 0 aromatic heterocycles. The van der Waals surface area contributed by atoms with Gasteiger partial charge in [-0.25, -0.2) is 12.8 Å². The van der Waals surface area contributed by atoms with E-state index in [0.717, 1.165) is 13.0 Å². The van der Waals surface area contributed by atoms with E-state index in [0.29, 0.717) is 5.41 Å². The Morgan fingerprint density at radius 1 is 1.22 bits per heavy atom. The molecule has 0 N–H and O–H groups in total. The molecule has 0 atom stereocenters. The number of hydrogen-bond acceptors (Lipinski definition) is 1. The monoisotopic (exact) mass is 316 g/mol. The van der Waals surface area contributed by atoms with E-state index in [4.69, 9.17) is 0 Å². The van der Waals surface area contributed by atoms with Crippen molar-refractivity contribution in [3.8, 4) is 0 Å². The summed E-state index contributed by atoms with van der Waals surface area (Å²) in [4.78, 5) is 2.62. The zero-order valence-electron chi connectivity index (χ0n) is 11.1. The van der Waals surface area contributed by atoms with Crippen LogP contribution in [0.1, 0.15) is 31.2 Å². The molecular weight excluding hydrogens is 295 g/mol. The van der Waals surface area contributed by atoms with Crippen molar-refractivity contribution in [1.29, 1.82) is 0 Å². The second-order valence-electron chi connectivity index (χ2n) is 5.62. The zero-order chi connectivity index (χ0) is 11.7. The second-order valence-corrected chi connectivity index (χ2v) is 5.62. The molecular formula is C16H21NY-2. The molecule has 2 aliphatic rings. The first kappa shape index (κ1) is 14.7. The van der Waals surface area contributed by atoms with Crippen LogP contribution in [0.3, 0.4) is 0 Å². The van der Waals surface area contributed by atoms with E-state index >= 15 is 0 Å². The molecule has 0 unspecified atom stereocenters. The van der Waals surface area contributed by atoms with Gasteiger partial charge in [0.1, 0.15) is 0 Å². The van der Waals surface area contributed by atoms with Gasteiger partial charge in [0, 0.05) is 39.3 Å². The first-order valence-electron chi connectivity index (χ1n) is 6.73. The summed E-state index contributed by atoms with van der Waals surface area (Å²) >= 11 is 0. The van der Waals surface area contributed by atoms with Gasteiger partial charge in [-0.1, -0.05) is 43.2 Å². The summed E-state index contributed by atoms with van der Waals surface area (Å²) in [6.07, 6.45) is 5.16. The van der Waals surface area contributed by atoms with Gasteiger partial charge in [-0.2, -0.15) is 0 Å². The van der Waals surface area contributed by atoms with Gasteiger partial charge in [0.05, 0.1) is 0 Å². The van der Waals surface area contributed by atoms with Crippen LogP contribution in [-0.2, 0) is 39.3 Å². The van der Waals surface area contributed by atoms with Gasteiger partial charge in [-0.3, -0.25) is 5.92 Å². The average Bonchev–Trinajstić information content (AvgIpc) is 3.02. The van der Waals surface area contributed by atoms with Crippen LogP contribution in [0.2, 0.25) is 0 Å². The fraction of sp³-hybridized carbons (Fsp3) is 0.500. The smallest absolute Gasteiger partial charge is 0.0204 e. The van der Waals surface area contributed by atoms with Crippen LogP contribution in [-0.4, -0.2) is 18.0 Å². The Kier molecular flexibility index (Phi) is 5.02. The molecule has 1 saturated heterocycles. The molecule has 1 nitrogen and oxygen atoms in total. The molecule has 1 aliphatic heterocycles. The van der Waals surface area contributed by atoms with Crippen molar-refractivity contribution < 1.29 is 32.7 Å². The Morgan fingerprint density at radius 3 is 2.56 bits per heavy atom. The number of benzene rings is 1. The van der Waals surface area contributed by atoms with Crippen molar-refractivity contribution in [2.24, 2.45) is 5.41 Å². The van der Waals surface area contributed by atoms with E-state index in [1.807, 2.05) is 0 Å². The third kappa shape index (κ3) is 3.06. The standard InChI is InChI=1S/C16H21N.Y/c1-2-6-15-12-17(13-16(15)9-10-16)11-14-7-4-3-5-8-14;/h3-5,7-8H,1-2,6,9-13H2;/q-2;. The summed E-state index contributed by atoms with van der Waals surface area (Å²) in [5.74, 6) is 1.78. The van der Waals surface area contributed by atoms with E-state index in [9.17, 15) is 0 Å². The first-order chi connectivity index (χ1) is 8.32. The maximum Gasteiger partial charge on any atom is 0.0204 e. The number of nitrogens with zero attached hydrogens (tertiary/aromatic N) is 1. The van der Waals surface area contributed by atoms with Crippen LogP contribution in [0, 0.1) is 18.3 Å². The molecule has 0 amide bonds. The van der Waals surface area contributed by atoms with Gasteiger partial charge in [0.15, 0.2) is 0 Å². The largest absolute Gasteiger partial charge is 0.346 e. The van der Waals surface area contributed by atoms with Crippen molar-refractivity contribution >= 4 is 0 Å². The van der Waals surface area contributed by atoms with Gasteiger partial charge in [-0.05, 0) is 12.1 Å². The summed E-state index contributed by atoms with van der Waals surface area (Å²) in [5.41, 5.74) is 2.06. The van der Waals surface area contributed by atoms with E-state index in [2.05, 4.69) is 42.2 Å². The Hall–Kier alpha value is 0.284. The summed E-state index contributed by atoms with van der Waals surface area (Å²) in [6.45, 7) is 7.63. The summed E-state index contributed by atoms with van der Waals surface area (Å²) in [6, 6.07) is 10.8. The van der Waals surface area contributed by atoms with Gasteiger partial charge in [0.2, 0.25) is 0 Å². The number of hydrogen-bond donors (Lipinski definition) is 0. The van der Waals surface area contributed by atoms with Crippen LogP contribution in [0.15, 0.2) is 30.3 Å². The SMILES string of the molecule is [CH2-]CC[C-]1CN(Cc2ccccc2)CC12CC2.[Y]. The van der Waals surface area contributed by atoms with E-state index in [-0.39, 0.29) is 32.7 Å². The molecule has 1 aromatic carbocycles. The fourth-order valence-corrected chi connectivity index (χ4v) is 3.21. The molecule has 1 spiro atoms. The zero-order valence-corrected chi connectivity index (χ0v) is 13.9. The summed E-state index contributed by atoms with van der Waals surface area (Å²) < 4.78 is 0. The average molecular weight is 316 g/mol. The summed E-state index contributed by atoms with van der Waals surface area (Å²) in [5, 5.41) is 0. The van der Waals surface area contributed by atoms with Crippen LogP contribution >= 0.6 is 0 Å². The molecule has 1 aliphatic carbocycles. The van der Waals surface area contributed by atoms with Crippen LogP contribution in [0.4, 0.5) is 0 Å². The maximum atomic E-state index is 4.01. The molecule has 18 heavy (non-hydrogen) atoms. The predicted octanol–water partition coefficient (Wildman–Crippen LogP) is 3.47. The van der Waals surface area contributed by atoms with Crippen molar-refractivity contribution in [2.75, 3.05) is 13.1 Å². The molecule has 2 fully saturated rings. The van der Waals surface area contributed by atoms with E-state index in [1.54, 1.807) is 5.92 Å². The molecule has 95 valence electrons. The van der Waals surface area contributed by atoms with Gasteiger partial charge >= 0.3 is 0 Å². The normalized spacial score (nSPS) is 22.1. The van der Waals surface area contributed by atoms with Crippen LogP contribution in [0.25, 0.3) is 0 Å². The third-order valence-corrected chi connectivity index (χ3v) is 4.27. The number of likely N-dealkylation sites (tertiary alicyclic amines) is 1. The van der Waals surface area contributed by atoms with Gasteiger partial charge in [-0.15, -0.1) is 12.0 Å². The minimum Gasteiger partial charge on any atom is -0.346 e. The van der Waals surface area contributed by atoms with E-state index in [1.165, 1.54) is 37.9 Å². The molecule has 1 aromatic rings. The predicted molar refractivity (Wildman–Crippen MR) is 71.2 cm³/mol. The van der Waals surface area contributed by atoms with Crippen molar-refractivity contribution in [3.05, 3.63) is 48.7 Å². The quantitative estimate of drug-likeness (QED) is 0.769. The molecule has 1 radical (unpaired) electrons. The Balaban J connectivity index is 0.00000120. The molecule has 2 heteroatoms. The van der Waals surface area contributed by atoms with Gasteiger partial charge in [0.25, 0.3) is 0 Å².